The first-order valence-corrected chi connectivity index (χ1v) is 18.0. The Kier molecular flexibility index (Phi) is 7.50. The van der Waals surface area contributed by atoms with Crippen LogP contribution in [0.2, 0.25) is 18.1 Å². The van der Waals surface area contributed by atoms with Gasteiger partial charge in [-0.15, -0.1) is 0 Å². The standard InChI is InChI=1S/C37H41BN2OSi/c1-27-13-15-28(16-14-27)29-17-19-30(20-18-29)31-21-23-33(24-22-31)38-39-34-11-7-9-32-10-8-12-35(36(32)34)40(38)25-26-41-42(5,6)37(2,3)4/h7-24,39H,25-26H2,1-6H3. The molecular formula is C37H41BN2OSi. The van der Waals surface area contributed by atoms with Gasteiger partial charge in [0.05, 0.1) is 6.61 Å². The molecule has 3 nitrogen and oxygen atoms in total. The van der Waals surface area contributed by atoms with Crippen molar-refractivity contribution < 1.29 is 4.43 Å². The average Bonchev–Trinajstić information content (AvgIpc) is 2.98. The summed E-state index contributed by atoms with van der Waals surface area (Å²) in [6.45, 7) is 15.3. The first-order chi connectivity index (χ1) is 20.1. The molecule has 5 aromatic rings. The number of hydrogen-bond acceptors (Lipinski definition) is 3. The van der Waals surface area contributed by atoms with Crippen molar-refractivity contribution in [3.8, 4) is 22.3 Å². The van der Waals surface area contributed by atoms with E-state index in [4.69, 9.17) is 4.43 Å². The zero-order chi connectivity index (χ0) is 29.5. The third kappa shape index (κ3) is 5.51. The quantitative estimate of drug-likeness (QED) is 0.198. The molecule has 0 amide bonds. The molecule has 0 saturated heterocycles. The maximum Gasteiger partial charge on any atom is 0.408 e. The molecule has 1 heterocycles. The minimum Gasteiger partial charge on any atom is -0.415 e. The van der Waals surface area contributed by atoms with Crippen LogP contribution in [0, 0.1) is 6.92 Å². The molecule has 1 aliphatic heterocycles. The third-order valence-electron chi connectivity index (χ3n) is 9.23. The Morgan fingerprint density at radius 1 is 0.714 bits per heavy atom. The molecule has 0 radical (unpaired) electrons. The van der Waals surface area contributed by atoms with E-state index >= 15 is 0 Å². The number of nitrogens with one attached hydrogen (secondary N) is 1. The number of hydrogen-bond donors (Lipinski definition) is 1. The normalized spacial score (nSPS) is 13.4. The lowest BCUT2D eigenvalue weighted by Crippen LogP contribution is -2.57. The Labute approximate surface area is 252 Å². The van der Waals surface area contributed by atoms with Gasteiger partial charge >= 0.3 is 6.98 Å². The van der Waals surface area contributed by atoms with E-state index < -0.39 is 8.32 Å². The maximum atomic E-state index is 6.66. The number of rotatable bonds is 7. The summed E-state index contributed by atoms with van der Waals surface area (Å²) in [6, 6.07) is 39.9. The van der Waals surface area contributed by atoms with Crippen molar-refractivity contribution in [1.29, 1.82) is 0 Å². The van der Waals surface area contributed by atoms with Gasteiger partial charge in [0.15, 0.2) is 8.32 Å². The van der Waals surface area contributed by atoms with Gasteiger partial charge in [-0.05, 0) is 70.3 Å². The zero-order valence-electron chi connectivity index (χ0n) is 25.7. The van der Waals surface area contributed by atoms with Crippen molar-refractivity contribution >= 4 is 42.9 Å². The molecule has 5 heteroatoms. The average molecular weight is 569 g/mol. The van der Waals surface area contributed by atoms with Gasteiger partial charge in [-0.25, -0.2) is 0 Å². The molecule has 6 rings (SSSR count). The van der Waals surface area contributed by atoms with Crippen LogP contribution in [0.25, 0.3) is 33.0 Å². The van der Waals surface area contributed by atoms with Crippen molar-refractivity contribution in [2.45, 2.75) is 45.8 Å². The van der Waals surface area contributed by atoms with Crippen molar-refractivity contribution in [1.82, 2.24) is 0 Å². The van der Waals surface area contributed by atoms with E-state index in [9.17, 15) is 0 Å². The molecule has 0 atom stereocenters. The Morgan fingerprint density at radius 2 is 1.24 bits per heavy atom. The Hall–Kier alpha value is -3.80. The van der Waals surface area contributed by atoms with Crippen LogP contribution < -0.4 is 15.5 Å². The zero-order valence-corrected chi connectivity index (χ0v) is 26.7. The van der Waals surface area contributed by atoms with Crippen molar-refractivity contribution in [2.75, 3.05) is 23.2 Å². The highest BCUT2D eigenvalue weighted by molar-refractivity contribution is 6.80. The van der Waals surface area contributed by atoms with E-state index in [2.05, 4.69) is 160 Å². The van der Waals surface area contributed by atoms with Crippen LogP contribution in [-0.2, 0) is 4.43 Å². The summed E-state index contributed by atoms with van der Waals surface area (Å²) in [6.07, 6.45) is 0. The molecule has 1 aliphatic rings. The fraction of sp³-hybridized carbons (Fsp3) is 0.243. The summed E-state index contributed by atoms with van der Waals surface area (Å²) in [5.74, 6) is 0. The topological polar surface area (TPSA) is 24.5 Å². The van der Waals surface area contributed by atoms with Crippen molar-refractivity contribution in [3.63, 3.8) is 0 Å². The van der Waals surface area contributed by atoms with E-state index in [1.54, 1.807) is 0 Å². The second-order valence-electron chi connectivity index (χ2n) is 13.1. The van der Waals surface area contributed by atoms with Crippen LogP contribution in [0.5, 0.6) is 0 Å². The lowest BCUT2D eigenvalue weighted by molar-refractivity contribution is 0.298. The smallest absolute Gasteiger partial charge is 0.408 e. The van der Waals surface area contributed by atoms with Crippen LogP contribution >= 0.6 is 0 Å². The molecule has 0 bridgehead atoms. The summed E-state index contributed by atoms with van der Waals surface area (Å²) in [4.78, 5) is 2.49. The van der Waals surface area contributed by atoms with Gasteiger partial charge < -0.3 is 14.5 Å². The summed E-state index contributed by atoms with van der Waals surface area (Å²) in [5.41, 5.74) is 9.92. The van der Waals surface area contributed by atoms with E-state index in [0.29, 0.717) is 6.61 Å². The molecule has 0 saturated carbocycles. The molecule has 0 aliphatic carbocycles. The van der Waals surface area contributed by atoms with Gasteiger partial charge in [0, 0.05) is 23.3 Å². The first kappa shape index (κ1) is 28.3. The van der Waals surface area contributed by atoms with Crippen LogP contribution in [0.3, 0.4) is 0 Å². The highest BCUT2D eigenvalue weighted by atomic mass is 28.4. The van der Waals surface area contributed by atoms with Gasteiger partial charge in [-0.3, -0.25) is 0 Å². The minimum atomic E-state index is -1.85. The molecule has 5 aromatic carbocycles. The van der Waals surface area contributed by atoms with Gasteiger partial charge in [-0.2, -0.15) is 0 Å². The van der Waals surface area contributed by atoms with E-state index in [1.165, 1.54) is 55.4 Å². The number of benzene rings is 5. The van der Waals surface area contributed by atoms with Crippen molar-refractivity contribution in [3.05, 3.63) is 115 Å². The van der Waals surface area contributed by atoms with Gasteiger partial charge in [0.25, 0.3) is 0 Å². The Bertz CT molecular complexity index is 1690. The van der Waals surface area contributed by atoms with Crippen LogP contribution in [0.15, 0.2) is 109 Å². The number of nitrogens with zero attached hydrogens (tertiary/aromatic N) is 1. The maximum absolute atomic E-state index is 6.66. The summed E-state index contributed by atoms with van der Waals surface area (Å²) in [5, 5.41) is 6.61. The molecule has 1 N–H and O–H groups in total. The highest BCUT2D eigenvalue weighted by Crippen LogP contribution is 2.39. The molecule has 0 aromatic heterocycles. The van der Waals surface area contributed by atoms with E-state index in [1.807, 2.05) is 0 Å². The second kappa shape index (κ2) is 11.1. The summed E-state index contributed by atoms with van der Waals surface area (Å²) < 4.78 is 6.66. The lowest BCUT2D eigenvalue weighted by Gasteiger charge is -2.40. The Morgan fingerprint density at radius 3 is 1.81 bits per heavy atom. The predicted molar refractivity (Wildman–Crippen MR) is 186 cm³/mol. The number of anilines is 2. The molecule has 0 spiro atoms. The first-order valence-electron chi connectivity index (χ1n) is 15.1. The van der Waals surface area contributed by atoms with Gasteiger partial charge in [0.1, 0.15) is 0 Å². The van der Waals surface area contributed by atoms with Gasteiger partial charge in [-0.1, -0.05) is 123 Å². The van der Waals surface area contributed by atoms with E-state index in [0.717, 1.165) is 6.54 Å². The molecule has 212 valence electrons. The summed E-state index contributed by atoms with van der Waals surface area (Å²) >= 11 is 0. The number of aryl methyl sites for hydroxylation is 1. The van der Waals surface area contributed by atoms with Crippen molar-refractivity contribution in [2.24, 2.45) is 0 Å². The minimum absolute atomic E-state index is 0.0199. The molecule has 0 fully saturated rings. The SMILES string of the molecule is Cc1ccc(-c2ccc(-c3ccc(B4Nc5cccc6cccc(c56)N4CCO[Si](C)(C)C(C)(C)C)cc3)cc2)cc1. The van der Waals surface area contributed by atoms with E-state index in [-0.39, 0.29) is 12.0 Å². The Balaban J connectivity index is 1.27. The third-order valence-corrected chi connectivity index (χ3v) is 13.8. The molecule has 0 unspecified atom stereocenters. The monoisotopic (exact) mass is 568 g/mol. The fourth-order valence-electron chi connectivity index (χ4n) is 5.63. The highest BCUT2D eigenvalue weighted by Gasteiger charge is 2.38. The molecule has 42 heavy (non-hydrogen) atoms. The predicted octanol–water partition coefficient (Wildman–Crippen LogP) is 9.13. The lowest BCUT2D eigenvalue weighted by atomic mass is 9.63. The largest absolute Gasteiger partial charge is 0.415 e. The fourth-order valence-corrected chi connectivity index (χ4v) is 6.67. The van der Waals surface area contributed by atoms with Crippen LogP contribution in [-0.4, -0.2) is 28.5 Å². The molecular weight excluding hydrogens is 527 g/mol. The second-order valence-corrected chi connectivity index (χ2v) is 17.9. The summed E-state index contributed by atoms with van der Waals surface area (Å²) in [7, 11) is -1.85. The van der Waals surface area contributed by atoms with Crippen LogP contribution in [0.4, 0.5) is 11.4 Å². The van der Waals surface area contributed by atoms with Gasteiger partial charge in [0.2, 0.25) is 0 Å². The van der Waals surface area contributed by atoms with Crippen LogP contribution in [0.1, 0.15) is 26.3 Å².